The highest BCUT2D eigenvalue weighted by atomic mass is 32.2. The van der Waals surface area contributed by atoms with Crippen molar-refractivity contribution in [3.8, 4) is 11.5 Å². The molecule has 106 valence electrons. The van der Waals surface area contributed by atoms with Gasteiger partial charge in [-0.1, -0.05) is 24.3 Å². The van der Waals surface area contributed by atoms with Crippen LogP contribution < -0.4 is 10.1 Å². The van der Waals surface area contributed by atoms with Crippen molar-refractivity contribution in [2.75, 3.05) is 23.9 Å². The molecule has 0 bridgehead atoms. The number of hydrogen-bond acceptors (Lipinski definition) is 3. The van der Waals surface area contributed by atoms with Crippen LogP contribution in [0.15, 0.2) is 54.6 Å². The van der Waals surface area contributed by atoms with Gasteiger partial charge in [0.2, 0.25) is 0 Å². The van der Waals surface area contributed by atoms with Gasteiger partial charge >= 0.3 is 0 Å². The molecule has 2 aromatic carbocycles. The Morgan fingerprint density at radius 1 is 0.950 bits per heavy atom. The van der Waals surface area contributed by atoms with E-state index in [-0.39, 0.29) is 0 Å². The van der Waals surface area contributed by atoms with Gasteiger partial charge in [0.1, 0.15) is 11.5 Å². The number of benzene rings is 2. The van der Waals surface area contributed by atoms with E-state index in [4.69, 9.17) is 4.74 Å². The summed E-state index contributed by atoms with van der Waals surface area (Å²) in [5, 5.41) is 3.44. The molecule has 0 atom stereocenters. The topological polar surface area (TPSA) is 21.3 Å². The van der Waals surface area contributed by atoms with Crippen molar-refractivity contribution in [3.63, 3.8) is 0 Å². The molecule has 1 N–H and O–H groups in total. The maximum absolute atomic E-state index is 5.82. The van der Waals surface area contributed by atoms with E-state index in [0.29, 0.717) is 0 Å². The molecule has 0 saturated carbocycles. The van der Waals surface area contributed by atoms with E-state index in [1.54, 1.807) is 0 Å². The normalized spacial score (nSPS) is 10.2. The number of ether oxygens (including phenoxy) is 1. The number of hydrogen-bond donors (Lipinski definition) is 1. The largest absolute Gasteiger partial charge is 0.457 e. The van der Waals surface area contributed by atoms with Gasteiger partial charge in [-0.3, -0.25) is 0 Å². The Hall–Kier alpha value is -1.61. The van der Waals surface area contributed by atoms with Crippen LogP contribution in [0.1, 0.15) is 12.8 Å². The second kappa shape index (κ2) is 8.54. The zero-order valence-corrected chi connectivity index (χ0v) is 12.7. The Kier molecular flexibility index (Phi) is 6.32. The van der Waals surface area contributed by atoms with Crippen LogP contribution in [0.5, 0.6) is 11.5 Å². The second-order valence-corrected chi connectivity index (χ2v) is 5.56. The maximum atomic E-state index is 5.82. The molecule has 3 heteroatoms. The lowest BCUT2D eigenvalue weighted by molar-refractivity contribution is 0.483. The molecule has 0 heterocycles. The van der Waals surface area contributed by atoms with Crippen LogP contribution in [0.25, 0.3) is 0 Å². The average molecular weight is 287 g/mol. The van der Waals surface area contributed by atoms with Gasteiger partial charge in [-0.25, -0.2) is 0 Å². The molecule has 0 saturated heterocycles. The van der Waals surface area contributed by atoms with E-state index in [0.717, 1.165) is 23.7 Å². The fourth-order valence-electron chi connectivity index (χ4n) is 1.90. The van der Waals surface area contributed by atoms with E-state index in [1.807, 2.05) is 60.3 Å². The molecule has 0 aromatic heterocycles. The highest BCUT2D eigenvalue weighted by Crippen LogP contribution is 2.23. The lowest BCUT2D eigenvalue weighted by Crippen LogP contribution is -2.01. The van der Waals surface area contributed by atoms with E-state index in [2.05, 4.69) is 17.6 Å². The number of nitrogens with one attached hydrogen (secondary N) is 1. The fourth-order valence-corrected chi connectivity index (χ4v) is 2.39. The molecule has 0 spiro atoms. The van der Waals surface area contributed by atoms with E-state index in [1.165, 1.54) is 18.6 Å². The summed E-state index contributed by atoms with van der Waals surface area (Å²) >= 11 is 1.90. The predicted octanol–water partition coefficient (Wildman–Crippen LogP) is 5.03. The molecule has 2 aromatic rings. The summed E-state index contributed by atoms with van der Waals surface area (Å²) in [6.45, 7) is 1.01. The number of para-hydroxylation sites is 1. The first-order valence-corrected chi connectivity index (χ1v) is 8.33. The Morgan fingerprint density at radius 2 is 1.75 bits per heavy atom. The minimum Gasteiger partial charge on any atom is -0.457 e. The van der Waals surface area contributed by atoms with Crippen LogP contribution in [0.2, 0.25) is 0 Å². The van der Waals surface area contributed by atoms with Crippen molar-refractivity contribution in [1.29, 1.82) is 0 Å². The van der Waals surface area contributed by atoms with Gasteiger partial charge in [0.05, 0.1) is 0 Å². The van der Waals surface area contributed by atoms with Crippen molar-refractivity contribution < 1.29 is 4.74 Å². The summed E-state index contributed by atoms with van der Waals surface area (Å²) in [6, 6.07) is 18.0. The molecular weight excluding hydrogens is 266 g/mol. The smallest absolute Gasteiger partial charge is 0.129 e. The number of anilines is 1. The molecule has 2 rings (SSSR count). The summed E-state index contributed by atoms with van der Waals surface area (Å²) in [4.78, 5) is 0. The summed E-state index contributed by atoms with van der Waals surface area (Å²) in [5.41, 5.74) is 1.11. The molecule has 0 fully saturated rings. The van der Waals surface area contributed by atoms with Crippen LogP contribution in [-0.2, 0) is 0 Å². The van der Waals surface area contributed by atoms with Gasteiger partial charge in [-0.15, -0.1) is 0 Å². The van der Waals surface area contributed by atoms with Gasteiger partial charge < -0.3 is 10.1 Å². The summed E-state index contributed by atoms with van der Waals surface area (Å²) in [6.07, 6.45) is 4.61. The Bertz CT molecular complexity index is 501. The molecule has 0 aliphatic carbocycles. The average Bonchev–Trinajstić information content (AvgIpc) is 2.48. The maximum Gasteiger partial charge on any atom is 0.129 e. The minimum atomic E-state index is 0.865. The van der Waals surface area contributed by atoms with E-state index < -0.39 is 0 Å². The van der Waals surface area contributed by atoms with Gasteiger partial charge in [0.25, 0.3) is 0 Å². The monoisotopic (exact) mass is 287 g/mol. The van der Waals surface area contributed by atoms with Crippen LogP contribution in [0.3, 0.4) is 0 Å². The lowest BCUT2D eigenvalue weighted by atomic mass is 10.2. The number of rotatable bonds is 8. The molecule has 0 radical (unpaired) electrons. The van der Waals surface area contributed by atoms with Crippen LogP contribution in [0, 0.1) is 0 Å². The van der Waals surface area contributed by atoms with Gasteiger partial charge in [-0.2, -0.15) is 11.8 Å². The van der Waals surface area contributed by atoms with Crippen molar-refractivity contribution >= 4 is 17.4 Å². The molecule has 0 aliphatic rings. The number of thioether (sulfide) groups is 1. The first-order chi connectivity index (χ1) is 9.88. The van der Waals surface area contributed by atoms with Crippen LogP contribution in [0.4, 0.5) is 5.69 Å². The number of unbranched alkanes of at least 4 members (excludes halogenated alkanes) is 1. The summed E-state index contributed by atoms with van der Waals surface area (Å²) < 4.78 is 5.82. The molecule has 2 nitrogen and oxygen atoms in total. The second-order valence-electron chi connectivity index (χ2n) is 4.57. The zero-order valence-electron chi connectivity index (χ0n) is 11.8. The van der Waals surface area contributed by atoms with E-state index in [9.17, 15) is 0 Å². The van der Waals surface area contributed by atoms with Crippen LogP contribution >= 0.6 is 11.8 Å². The fraction of sp³-hybridized carbons (Fsp3) is 0.294. The molecule has 0 unspecified atom stereocenters. The van der Waals surface area contributed by atoms with Gasteiger partial charge in [0.15, 0.2) is 0 Å². The quantitative estimate of drug-likeness (QED) is 0.688. The Balaban J connectivity index is 1.84. The summed E-state index contributed by atoms with van der Waals surface area (Å²) in [7, 11) is 0. The highest BCUT2D eigenvalue weighted by molar-refractivity contribution is 7.98. The molecule has 20 heavy (non-hydrogen) atoms. The Morgan fingerprint density at radius 3 is 2.55 bits per heavy atom. The predicted molar refractivity (Wildman–Crippen MR) is 89.1 cm³/mol. The zero-order chi connectivity index (χ0) is 14.0. The van der Waals surface area contributed by atoms with Gasteiger partial charge in [-0.05, 0) is 49.1 Å². The third-order valence-electron chi connectivity index (χ3n) is 2.92. The third-order valence-corrected chi connectivity index (χ3v) is 3.61. The molecular formula is C17H21NOS. The SMILES string of the molecule is CSCCCCNc1cccc(Oc2ccccc2)c1. The van der Waals surface area contributed by atoms with Crippen molar-refractivity contribution in [2.45, 2.75) is 12.8 Å². The third kappa shape index (κ3) is 5.17. The lowest BCUT2D eigenvalue weighted by Gasteiger charge is -2.09. The standard InChI is InChI=1S/C17H21NOS/c1-20-13-6-5-12-18-15-8-7-11-17(14-15)19-16-9-3-2-4-10-16/h2-4,7-11,14,18H,5-6,12-13H2,1H3. The van der Waals surface area contributed by atoms with Gasteiger partial charge in [0, 0.05) is 18.3 Å². The minimum absolute atomic E-state index is 0.865. The Labute approximate surface area is 125 Å². The van der Waals surface area contributed by atoms with Crippen LogP contribution in [-0.4, -0.2) is 18.6 Å². The van der Waals surface area contributed by atoms with E-state index >= 15 is 0 Å². The van der Waals surface area contributed by atoms with Crippen molar-refractivity contribution in [1.82, 2.24) is 0 Å². The highest BCUT2D eigenvalue weighted by Gasteiger charge is 1.98. The molecule has 0 aliphatic heterocycles. The summed E-state index contributed by atoms with van der Waals surface area (Å²) in [5.74, 6) is 2.97. The first kappa shape index (κ1) is 14.8. The first-order valence-electron chi connectivity index (χ1n) is 6.94. The molecule has 0 amide bonds. The van der Waals surface area contributed by atoms with Crippen molar-refractivity contribution in [2.24, 2.45) is 0 Å². The van der Waals surface area contributed by atoms with Crippen molar-refractivity contribution in [3.05, 3.63) is 54.6 Å².